The second-order valence-corrected chi connectivity index (χ2v) is 25.0. The number of benzene rings is 6. The summed E-state index contributed by atoms with van der Waals surface area (Å²) in [5.74, 6) is 7.23. The van der Waals surface area contributed by atoms with E-state index in [-0.39, 0.29) is 17.9 Å². The Labute approximate surface area is 494 Å². The predicted octanol–water partition coefficient (Wildman–Crippen LogP) is 17.7. The van der Waals surface area contributed by atoms with Crippen molar-refractivity contribution in [3.63, 3.8) is 0 Å². The van der Waals surface area contributed by atoms with Crippen molar-refractivity contribution in [2.24, 2.45) is 23.7 Å². The fraction of sp³-hybridized carbons (Fsp3) is 0.458. The van der Waals surface area contributed by atoms with Crippen LogP contribution in [0, 0.1) is 23.7 Å². The van der Waals surface area contributed by atoms with Crippen molar-refractivity contribution in [2.75, 3.05) is 0 Å². The van der Waals surface area contributed by atoms with Crippen molar-refractivity contribution in [3.8, 4) is 51.7 Å². The van der Waals surface area contributed by atoms with Gasteiger partial charge in [0.1, 0.15) is 17.2 Å². The molecule has 9 aliphatic rings. The van der Waals surface area contributed by atoms with E-state index in [1.807, 2.05) is 103 Å². The first-order valence-electron chi connectivity index (χ1n) is 31.2. The van der Waals surface area contributed by atoms with Crippen LogP contribution in [0.2, 0.25) is 0 Å². The summed E-state index contributed by atoms with van der Waals surface area (Å²) in [6.07, 6.45) is 18.8. The molecule has 0 radical (unpaired) electrons. The Kier molecular flexibility index (Phi) is 16.2. The molecule has 0 aromatic heterocycles. The minimum atomic E-state index is -0.519. The number of rotatable bonds is 12. The van der Waals surface area contributed by atoms with E-state index in [2.05, 4.69) is 41.5 Å². The second-order valence-electron chi connectivity index (χ2n) is 25.0. The highest BCUT2D eigenvalue weighted by Gasteiger charge is 2.63. The van der Waals surface area contributed by atoms with Gasteiger partial charge < -0.3 is 42.6 Å². The summed E-state index contributed by atoms with van der Waals surface area (Å²) in [7, 11) is 0. The lowest BCUT2D eigenvalue weighted by atomic mass is 9.53. The number of fused-ring (bicyclic) bond motifs is 3. The number of hydrogen-bond donors (Lipinski definition) is 0. The molecule has 12 heteroatoms. The van der Waals surface area contributed by atoms with Crippen LogP contribution in [-0.4, -0.2) is 35.3 Å². The van der Waals surface area contributed by atoms with Crippen molar-refractivity contribution < 1.29 is 57.0 Å². The van der Waals surface area contributed by atoms with Crippen molar-refractivity contribution >= 4 is 17.9 Å². The van der Waals surface area contributed by atoms with Crippen LogP contribution in [0.25, 0.3) is 0 Å². The largest absolute Gasteiger partial charge is 0.448 e. The van der Waals surface area contributed by atoms with Gasteiger partial charge in [0, 0.05) is 55.7 Å². The molecule has 6 aromatic rings. The second kappa shape index (κ2) is 23.9. The Hall–Kier alpha value is -7.47. The first kappa shape index (κ1) is 57.0. The van der Waals surface area contributed by atoms with Crippen LogP contribution in [0.5, 0.6) is 51.7 Å². The summed E-state index contributed by atoms with van der Waals surface area (Å²) in [4.78, 5) is 37.6. The fourth-order valence-electron chi connectivity index (χ4n) is 14.0. The Morgan fingerprint density at radius 1 is 0.393 bits per heavy atom. The maximum absolute atomic E-state index is 12.7. The molecule has 6 aromatic carbocycles. The Balaban J connectivity index is 0.000000125. The summed E-state index contributed by atoms with van der Waals surface area (Å²) in [5.41, 5.74) is 5.35. The van der Waals surface area contributed by atoms with E-state index in [9.17, 15) is 14.4 Å². The zero-order valence-corrected chi connectivity index (χ0v) is 49.6. The number of hydrogen-bond acceptors (Lipinski definition) is 12. The standard InChI is InChI=1S/C27H30O4.C23H26O4.C22H24O4/c1-3-16(2)19-4-6-20(7-5-19)26(28)29-23-8-9-24-25(15-23)31-27(30-24)21-11-17-10-18(13-21)14-22(27)12-17;1-3-16(2)17-7-9-18(10-8-17)22(24)25-19-11-12-20-21(15-19)27-23(26-20)13-5-4-6-14-23;1-3-15(2)16-6-8-17(9-7-16)21(23)24-18-10-11-19-20(14-18)26-22(25-19)12-4-5-13-22/h4-9,15-18,21-22H,3,10-14H2,1-2H3;7-12,15-16H,3-6,13-14H2,1-2H3;6-11,14-15H,3-5,12-13H2,1-2H3. The number of esters is 3. The molecule has 84 heavy (non-hydrogen) atoms. The molecule has 3 heterocycles. The lowest BCUT2D eigenvalue weighted by Crippen LogP contribution is -2.62. The van der Waals surface area contributed by atoms with Gasteiger partial charge in [-0.15, -0.1) is 0 Å². The van der Waals surface area contributed by atoms with Gasteiger partial charge in [-0.05, 0) is 196 Å². The van der Waals surface area contributed by atoms with Crippen LogP contribution in [0.15, 0.2) is 127 Å². The fourth-order valence-corrected chi connectivity index (χ4v) is 14.0. The van der Waals surface area contributed by atoms with Crippen molar-refractivity contribution in [1.29, 1.82) is 0 Å². The van der Waals surface area contributed by atoms with Crippen molar-refractivity contribution in [1.82, 2.24) is 0 Å². The van der Waals surface area contributed by atoms with Gasteiger partial charge in [-0.1, -0.05) is 84.4 Å². The molecule has 3 aliphatic heterocycles. The van der Waals surface area contributed by atoms with Gasteiger partial charge in [0.25, 0.3) is 17.4 Å². The van der Waals surface area contributed by atoms with Crippen LogP contribution in [-0.2, 0) is 0 Å². The third-order valence-corrected chi connectivity index (χ3v) is 19.3. The third-order valence-electron chi connectivity index (χ3n) is 19.3. The lowest BCUT2D eigenvalue weighted by Gasteiger charge is -2.57. The van der Waals surface area contributed by atoms with Crippen LogP contribution < -0.4 is 42.6 Å². The molecule has 6 saturated carbocycles. The Morgan fingerprint density at radius 2 is 0.690 bits per heavy atom. The summed E-state index contributed by atoms with van der Waals surface area (Å²) in [6, 6.07) is 39.2. The normalized spacial score (nSPS) is 23.6. The molecule has 3 atom stereocenters. The van der Waals surface area contributed by atoms with E-state index in [1.165, 1.54) is 55.2 Å². The van der Waals surface area contributed by atoms with Gasteiger partial charge >= 0.3 is 17.9 Å². The number of carbonyl (C=O) groups is 3. The molecule has 15 rings (SSSR count). The molecule has 0 N–H and O–H groups in total. The monoisotopic (exact) mass is 1140 g/mol. The molecule has 0 saturated heterocycles. The van der Waals surface area contributed by atoms with Crippen molar-refractivity contribution in [2.45, 2.75) is 186 Å². The highest BCUT2D eigenvalue weighted by Crippen LogP contribution is 2.63. The first-order valence-corrected chi connectivity index (χ1v) is 31.2. The number of carbonyl (C=O) groups excluding carboxylic acids is 3. The predicted molar refractivity (Wildman–Crippen MR) is 320 cm³/mol. The van der Waals surface area contributed by atoms with Gasteiger partial charge in [-0.2, -0.15) is 0 Å². The minimum Gasteiger partial charge on any atom is -0.448 e. The maximum atomic E-state index is 12.7. The first-order chi connectivity index (χ1) is 40.7. The SMILES string of the molecule is CCC(C)c1ccc(C(=O)Oc2ccc3c(c2)OC2(CCCC2)O3)cc1.CCC(C)c1ccc(C(=O)Oc2ccc3c(c2)OC2(CCCCC2)O3)cc1.CCC(C)c1ccc(C(=O)Oc2ccc3c(c2)OC2(O3)C3CC4CC(C3)CC2C4)cc1. The molecule has 6 fully saturated rings. The summed E-state index contributed by atoms with van der Waals surface area (Å²) in [6.45, 7) is 13.0. The summed E-state index contributed by atoms with van der Waals surface area (Å²) < 4.78 is 54.0. The van der Waals surface area contributed by atoms with E-state index in [4.69, 9.17) is 42.6 Å². The minimum absolute atomic E-state index is 0.348. The molecular weight excluding hydrogens is 1060 g/mol. The average molecular weight is 1140 g/mol. The summed E-state index contributed by atoms with van der Waals surface area (Å²) in [5, 5.41) is 0. The summed E-state index contributed by atoms with van der Waals surface area (Å²) >= 11 is 0. The molecule has 12 nitrogen and oxygen atoms in total. The molecular formula is C72H80O12. The van der Waals surface area contributed by atoms with Crippen LogP contribution in [0.4, 0.5) is 0 Å². The van der Waals surface area contributed by atoms with E-state index < -0.39 is 17.4 Å². The highest BCUT2D eigenvalue weighted by atomic mass is 16.7. The van der Waals surface area contributed by atoms with E-state index >= 15 is 0 Å². The van der Waals surface area contributed by atoms with E-state index in [1.54, 1.807) is 24.3 Å². The Morgan fingerprint density at radius 3 is 1.04 bits per heavy atom. The molecule has 440 valence electrons. The number of ether oxygens (including phenoxy) is 9. The molecule has 0 amide bonds. The average Bonchev–Trinajstić information content (AvgIpc) is 1.63. The maximum Gasteiger partial charge on any atom is 0.343 e. The molecule has 3 spiro atoms. The Bertz CT molecular complexity index is 3310. The molecule has 3 unspecified atom stereocenters. The quantitative estimate of drug-likeness (QED) is 0.0853. The van der Waals surface area contributed by atoms with E-state index in [0.717, 1.165) is 99.7 Å². The smallest absolute Gasteiger partial charge is 0.343 e. The van der Waals surface area contributed by atoms with Gasteiger partial charge in [-0.3, -0.25) is 0 Å². The molecule has 6 aliphatic carbocycles. The van der Waals surface area contributed by atoms with Gasteiger partial charge in [0.05, 0.1) is 16.7 Å². The van der Waals surface area contributed by atoms with Gasteiger partial charge in [0.15, 0.2) is 34.5 Å². The molecule has 4 bridgehead atoms. The zero-order chi connectivity index (χ0) is 58.2. The highest BCUT2D eigenvalue weighted by molar-refractivity contribution is 5.92. The van der Waals surface area contributed by atoms with E-state index in [0.29, 0.717) is 80.8 Å². The van der Waals surface area contributed by atoms with Gasteiger partial charge in [-0.25, -0.2) is 14.4 Å². The van der Waals surface area contributed by atoms with Crippen LogP contribution >= 0.6 is 0 Å². The zero-order valence-electron chi connectivity index (χ0n) is 49.6. The van der Waals surface area contributed by atoms with Crippen LogP contribution in [0.1, 0.15) is 216 Å². The topological polar surface area (TPSA) is 134 Å². The van der Waals surface area contributed by atoms with Crippen molar-refractivity contribution in [3.05, 3.63) is 161 Å². The third kappa shape index (κ3) is 11.8. The lowest BCUT2D eigenvalue weighted by molar-refractivity contribution is -0.241. The van der Waals surface area contributed by atoms with Gasteiger partial charge in [0.2, 0.25) is 0 Å². The van der Waals surface area contributed by atoms with Crippen LogP contribution in [0.3, 0.4) is 0 Å².